The van der Waals surface area contributed by atoms with E-state index in [9.17, 15) is 14.0 Å². The number of rotatable bonds is 7. The summed E-state index contributed by atoms with van der Waals surface area (Å²) >= 11 is 2.79. The molecule has 0 spiro atoms. The lowest BCUT2D eigenvalue weighted by atomic mass is 10.1. The highest BCUT2D eigenvalue weighted by Gasteiger charge is 2.13. The first-order chi connectivity index (χ1) is 13.0. The van der Waals surface area contributed by atoms with Crippen LogP contribution in [0.2, 0.25) is 0 Å². The molecule has 0 saturated heterocycles. The molecule has 1 atom stereocenters. The molecule has 0 aliphatic carbocycles. The molecule has 0 unspecified atom stereocenters. The number of halogens is 1. The molecule has 0 fully saturated rings. The molecule has 2 heterocycles. The van der Waals surface area contributed by atoms with Crippen LogP contribution in [0.4, 0.5) is 4.39 Å². The number of hydrogen-bond acceptors (Lipinski definition) is 5. The van der Waals surface area contributed by atoms with Gasteiger partial charge in [-0.3, -0.25) is 9.59 Å². The van der Waals surface area contributed by atoms with E-state index >= 15 is 0 Å². The molecule has 0 aliphatic rings. The summed E-state index contributed by atoms with van der Waals surface area (Å²) in [4.78, 5) is 32.3. The number of aromatic amines is 1. The molecule has 27 heavy (non-hydrogen) atoms. The Morgan fingerprint density at radius 3 is 2.81 bits per heavy atom. The van der Waals surface area contributed by atoms with Crippen molar-refractivity contribution in [2.75, 3.05) is 5.75 Å². The summed E-state index contributed by atoms with van der Waals surface area (Å²) in [5.74, 6) is 0.969. The van der Waals surface area contributed by atoms with E-state index < -0.39 is 0 Å². The molecule has 0 bridgehead atoms. The number of H-pyrrole nitrogens is 1. The molecule has 2 N–H and O–H groups in total. The fraction of sp³-hybridized carbons (Fsp3) is 0.316. The Bertz CT molecular complexity index is 998. The number of carbonyl (C=O) groups is 1. The molecular formula is C19H20FN3O2S2. The van der Waals surface area contributed by atoms with Crippen LogP contribution in [0.5, 0.6) is 0 Å². The van der Waals surface area contributed by atoms with Crippen molar-refractivity contribution in [3.05, 3.63) is 51.6 Å². The minimum absolute atomic E-state index is 0.0208. The largest absolute Gasteiger partial charge is 0.353 e. The molecule has 1 amide bonds. The standard InChI is InChI=1S/C19H20FN3O2S2/c1-3-11(2)21-16(24)10-26-9-15-22-18(25)17-14(8-27-19(17)23-15)12-4-6-13(20)7-5-12/h4-8,11H,3,9-10H2,1-2H3,(H,21,24)(H,22,23,25)/t11-/m0/s1. The lowest BCUT2D eigenvalue weighted by Crippen LogP contribution is -2.33. The number of nitrogens with zero attached hydrogens (tertiary/aromatic N) is 1. The maximum absolute atomic E-state index is 13.1. The van der Waals surface area contributed by atoms with E-state index in [4.69, 9.17) is 0 Å². The third-order valence-electron chi connectivity index (χ3n) is 4.14. The van der Waals surface area contributed by atoms with E-state index in [2.05, 4.69) is 15.3 Å². The zero-order valence-corrected chi connectivity index (χ0v) is 16.7. The summed E-state index contributed by atoms with van der Waals surface area (Å²) in [5, 5.41) is 5.27. The van der Waals surface area contributed by atoms with Crippen molar-refractivity contribution >= 4 is 39.2 Å². The number of thiophene rings is 1. The average Bonchev–Trinajstić information content (AvgIpc) is 3.06. The molecule has 3 aromatic rings. The van der Waals surface area contributed by atoms with Crippen molar-refractivity contribution in [2.24, 2.45) is 0 Å². The predicted octanol–water partition coefficient (Wildman–Crippen LogP) is 3.94. The van der Waals surface area contributed by atoms with Crippen LogP contribution in [-0.2, 0) is 10.5 Å². The monoisotopic (exact) mass is 405 g/mol. The number of amides is 1. The molecule has 0 radical (unpaired) electrons. The topological polar surface area (TPSA) is 74.8 Å². The number of carbonyl (C=O) groups excluding carboxylic acids is 1. The van der Waals surface area contributed by atoms with Gasteiger partial charge >= 0.3 is 0 Å². The first-order valence-electron chi connectivity index (χ1n) is 8.61. The van der Waals surface area contributed by atoms with Gasteiger partial charge in [0.2, 0.25) is 5.91 Å². The van der Waals surface area contributed by atoms with Crippen molar-refractivity contribution in [1.29, 1.82) is 0 Å². The van der Waals surface area contributed by atoms with E-state index in [0.717, 1.165) is 17.5 Å². The van der Waals surface area contributed by atoms with Crippen molar-refractivity contribution in [2.45, 2.75) is 32.1 Å². The van der Waals surface area contributed by atoms with Gasteiger partial charge in [-0.1, -0.05) is 19.1 Å². The van der Waals surface area contributed by atoms with E-state index in [1.807, 2.05) is 19.2 Å². The third kappa shape index (κ3) is 4.75. The fourth-order valence-electron chi connectivity index (χ4n) is 2.56. The predicted molar refractivity (Wildman–Crippen MR) is 110 cm³/mol. The Morgan fingerprint density at radius 1 is 1.37 bits per heavy atom. The number of aromatic nitrogens is 2. The molecule has 0 aliphatic heterocycles. The summed E-state index contributed by atoms with van der Waals surface area (Å²) < 4.78 is 13.1. The number of benzene rings is 1. The van der Waals surface area contributed by atoms with Gasteiger partial charge in [-0.25, -0.2) is 9.37 Å². The SMILES string of the molecule is CC[C@H](C)NC(=O)CSCc1nc2scc(-c3ccc(F)cc3)c2c(=O)[nH]1. The fourth-order valence-corrected chi connectivity index (χ4v) is 4.23. The van der Waals surface area contributed by atoms with Crippen LogP contribution in [-0.4, -0.2) is 27.7 Å². The van der Waals surface area contributed by atoms with E-state index in [1.165, 1.54) is 35.2 Å². The number of thioether (sulfide) groups is 1. The second kappa shape index (κ2) is 8.67. The summed E-state index contributed by atoms with van der Waals surface area (Å²) in [6.07, 6.45) is 0.886. The lowest BCUT2D eigenvalue weighted by molar-refractivity contribution is -0.119. The highest BCUT2D eigenvalue weighted by atomic mass is 32.2. The van der Waals surface area contributed by atoms with Gasteiger partial charge in [-0.05, 0) is 31.0 Å². The summed E-state index contributed by atoms with van der Waals surface area (Å²) in [6, 6.07) is 6.20. The molecule has 5 nitrogen and oxygen atoms in total. The summed E-state index contributed by atoms with van der Waals surface area (Å²) in [7, 11) is 0. The summed E-state index contributed by atoms with van der Waals surface area (Å²) in [6.45, 7) is 3.98. The van der Waals surface area contributed by atoms with Gasteiger partial charge in [0.25, 0.3) is 5.56 Å². The minimum Gasteiger partial charge on any atom is -0.353 e. The Kier molecular flexibility index (Phi) is 6.28. The minimum atomic E-state index is -0.318. The molecular weight excluding hydrogens is 385 g/mol. The average molecular weight is 406 g/mol. The first kappa shape index (κ1) is 19.6. The van der Waals surface area contributed by atoms with Crippen LogP contribution in [0, 0.1) is 5.82 Å². The van der Waals surface area contributed by atoms with Gasteiger partial charge in [-0.15, -0.1) is 23.1 Å². The maximum Gasteiger partial charge on any atom is 0.260 e. The smallest absolute Gasteiger partial charge is 0.260 e. The van der Waals surface area contributed by atoms with E-state index in [0.29, 0.717) is 27.5 Å². The summed E-state index contributed by atoms with van der Waals surface area (Å²) in [5.41, 5.74) is 1.30. The first-order valence-corrected chi connectivity index (χ1v) is 10.6. The van der Waals surface area contributed by atoms with Gasteiger partial charge in [-0.2, -0.15) is 0 Å². The Balaban J connectivity index is 1.73. The van der Waals surface area contributed by atoms with Gasteiger partial charge in [0, 0.05) is 17.0 Å². The quantitative estimate of drug-likeness (QED) is 0.624. The molecule has 0 saturated carbocycles. The second-order valence-corrected chi connectivity index (χ2v) is 8.06. The molecule has 3 rings (SSSR count). The highest BCUT2D eigenvalue weighted by molar-refractivity contribution is 7.99. The van der Waals surface area contributed by atoms with Gasteiger partial charge < -0.3 is 10.3 Å². The highest BCUT2D eigenvalue weighted by Crippen LogP contribution is 2.30. The van der Waals surface area contributed by atoms with Gasteiger partial charge in [0.05, 0.1) is 16.9 Å². The maximum atomic E-state index is 13.1. The second-order valence-electron chi connectivity index (χ2n) is 6.22. The third-order valence-corrected chi connectivity index (χ3v) is 5.96. The van der Waals surface area contributed by atoms with Crippen LogP contribution in [0.3, 0.4) is 0 Å². The van der Waals surface area contributed by atoms with Crippen LogP contribution >= 0.6 is 23.1 Å². The van der Waals surface area contributed by atoms with Crippen LogP contribution in [0.25, 0.3) is 21.3 Å². The number of hydrogen-bond donors (Lipinski definition) is 2. The van der Waals surface area contributed by atoms with E-state index in [-0.39, 0.29) is 23.3 Å². The van der Waals surface area contributed by atoms with Crippen molar-refractivity contribution in [3.63, 3.8) is 0 Å². The number of nitrogens with one attached hydrogen (secondary N) is 2. The van der Waals surface area contributed by atoms with Crippen molar-refractivity contribution in [1.82, 2.24) is 15.3 Å². The van der Waals surface area contributed by atoms with E-state index in [1.54, 1.807) is 12.1 Å². The zero-order valence-electron chi connectivity index (χ0n) is 15.0. The molecule has 1 aromatic carbocycles. The molecule has 8 heteroatoms. The van der Waals surface area contributed by atoms with Crippen molar-refractivity contribution < 1.29 is 9.18 Å². The van der Waals surface area contributed by atoms with Crippen LogP contribution in [0.15, 0.2) is 34.4 Å². The van der Waals surface area contributed by atoms with Crippen molar-refractivity contribution in [3.8, 4) is 11.1 Å². The molecule has 142 valence electrons. The zero-order chi connectivity index (χ0) is 19.4. The van der Waals surface area contributed by atoms with Gasteiger partial charge in [0.15, 0.2) is 0 Å². The van der Waals surface area contributed by atoms with Crippen LogP contribution in [0.1, 0.15) is 26.1 Å². The number of fused-ring (bicyclic) bond motifs is 1. The Labute approximate surface area is 164 Å². The Morgan fingerprint density at radius 2 is 2.11 bits per heavy atom. The van der Waals surface area contributed by atoms with Gasteiger partial charge in [0.1, 0.15) is 16.5 Å². The normalized spacial score (nSPS) is 12.3. The lowest BCUT2D eigenvalue weighted by Gasteiger charge is -2.10. The molecule has 2 aromatic heterocycles. The van der Waals surface area contributed by atoms with Crippen LogP contribution < -0.4 is 10.9 Å². The Hall–Kier alpha value is -2.19.